The maximum Gasteiger partial charge on any atom is 0.305 e. The third-order valence-corrected chi connectivity index (χ3v) is 8.05. The molecule has 7 N–H and O–H groups in total. The number of carboxylic acid groups (broad SMARTS) is 1. The minimum atomic E-state index is -4.26. The van der Waals surface area contributed by atoms with Gasteiger partial charge in [-0.15, -0.1) is 0 Å². The first-order valence-electron chi connectivity index (χ1n) is 10.3. The number of nitrogens with two attached hydrogens (primary N) is 1. The molecule has 0 bridgehead atoms. The minimum Gasteiger partial charge on any atom is -0.481 e. The number of anilines is 2. The van der Waals surface area contributed by atoms with Gasteiger partial charge in [0, 0.05) is 21.4 Å². The highest BCUT2D eigenvalue weighted by Gasteiger charge is 2.25. The van der Waals surface area contributed by atoms with Crippen LogP contribution in [0.1, 0.15) is 18.0 Å². The molecule has 3 aromatic rings. The Hall–Kier alpha value is -3.36. The number of carbonyl (C=O) groups is 1. The van der Waals surface area contributed by atoms with Gasteiger partial charge in [0.15, 0.2) is 5.96 Å². The van der Waals surface area contributed by atoms with Gasteiger partial charge in [-0.2, -0.15) is 0 Å². The summed E-state index contributed by atoms with van der Waals surface area (Å²) in [6, 6.07) is 13.6. The van der Waals surface area contributed by atoms with Crippen molar-refractivity contribution in [1.82, 2.24) is 4.72 Å². The van der Waals surface area contributed by atoms with Crippen LogP contribution in [0.5, 0.6) is 0 Å². The van der Waals surface area contributed by atoms with Crippen LogP contribution in [-0.4, -0.2) is 33.9 Å². The van der Waals surface area contributed by atoms with E-state index < -0.39 is 38.5 Å². The highest BCUT2D eigenvalue weighted by molar-refractivity contribution is 7.92. The number of rotatable bonds is 10. The molecule has 0 heterocycles. The van der Waals surface area contributed by atoms with E-state index >= 15 is 0 Å². The van der Waals surface area contributed by atoms with E-state index in [0.29, 0.717) is 0 Å². The van der Waals surface area contributed by atoms with Crippen molar-refractivity contribution in [3.05, 3.63) is 82.3 Å². The maximum atomic E-state index is 12.9. The van der Waals surface area contributed by atoms with Crippen molar-refractivity contribution in [2.75, 3.05) is 10.0 Å². The second-order valence-corrected chi connectivity index (χ2v) is 11.9. The fraction of sp³-hybridized carbons (Fsp3) is 0.0909. The number of hydrogen-bond acceptors (Lipinski definition) is 6. The Morgan fingerprint density at radius 3 is 2.14 bits per heavy atom. The number of hydrogen-bond donors (Lipinski definition) is 6. The molecule has 0 radical (unpaired) electrons. The summed E-state index contributed by atoms with van der Waals surface area (Å²) >= 11 is 11.8. The zero-order valence-corrected chi connectivity index (χ0v) is 21.9. The molecule has 3 aromatic carbocycles. The molecule has 15 heteroatoms. The predicted molar refractivity (Wildman–Crippen MR) is 141 cm³/mol. The number of nitrogens with one attached hydrogen (secondary N) is 4. The molecule has 0 fully saturated rings. The first kappa shape index (κ1) is 28.2. The molecule has 3 rings (SSSR count). The zero-order valence-electron chi connectivity index (χ0n) is 18.8. The largest absolute Gasteiger partial charge is 0.481 e. The smallest absolute Gasteiger partial charge is 0.305 e. The first-order valence-corrected chi connectivity index (χ1v) is 14.0. The monoisotopic (exact) mass is 585 g/mol. The van der Waals surface area contributed by atoms with Gasteiger partial charge in [0.2, 0.25) is 10.0 Å². The molecule has 0 saturated carbocycles. The second-order valence-electron chi connectivity index (χ2n) is 7.67. The molecule has 0 saturated heterocycles. The lowest BCUT2D eigenvalue weighted by atomic mass is 10.0. The first-order chi connectivity index (χ1) is 17.2. The zero-order chi connectivity index (χ0) is 27.4. The lowest BCUT2D eigenvalue weighted by Crippen LogP contribution is -2.30. The van der Waals surface area contributed by atoms with E-state index in [-0.39, 0.29) is 42.7 Å². The predicted octanol–water partition coefficient (Wildman–Crippen LogP) is 3.59. The van der Waals surface area contributed by atoms with E-state index in [4.69, 9.17) is 34.3 Å². The molecule has 196 valence electrons. The normalized spacial score (nSPS) is 12.5. The van der Waals surface area contributed by atoms with Crippen molar-refractivity contribution in [3.63, 3.8) is 0 Å². The molecular formula is C22H21Cl2N5O6S2. The number of sulfonamides is 2. The minimum absolute atomic E-state index is 0.0582. The molecule has 0 aromatic heterocycles. The maximum absolute atomic E-state index is 12.9. The van der Waals surface area contributed by atoms with Crippen LogP contribution in [0, 0.1) is 5.41 Å². The van der Waals surface area contributed by atoms with Crippen LogP contribution in [0.2, 0.25) is 10.0 Å². The Morgan fingerprint density at radius 1 is 0.892 bits per heavy atom. The summed E-state index contributed by atoms with van der Waals surface area (Å²) in [5.41, 5.74) is 5.81. The summed E-state index contributed by atoms with van der Waals surface area (Å²) in [6.07, 6.45) is -0.636. The molecule has 0 aliphatic heterocycles. The SMILES string of the molecule is N=C(N)Nc1cccc(S(=O)(=O)Nc2cccc(C(CC(=O)O)NS(=O)(=O)c3cc(Cl)cc(Cl)c3)c2)c1. The van der Waals surface area contributed by atoms with Gasteiger partial charge in [-0.1, -0.05) is 41.4 Å². The highest BCUT2D eigenvalue weighted by Crippen LogP contribution is 2.27. The molecule has 37 heavy (non-hydrogen) atoms. The summed E-state index contributed by atoms with van der Waals surface area (Å²) in [5, 5.41) is 19.3. The van der Waals surface area contributed by atoms with Crippen molar-refractivity contribution in [2.24, 2.45) is 5.73 Å². The van der Waals surface area contributed by atoms with Crippen LogP contribution in [0.25, 0.3) is 0 Å². The Labute approximate surface area is 223 Å². The Bertz CT molecular complexity index is 1540. The van der Waals surface area contributed by atoms with Crippen LogP contribution in [0.15, 0.2) is 76.5 Å². The average Bonchev–Trinajstić information content (AvgIpc) is 2.77. The van der Waals surface area contributed by atoms with Crippen molar-refractivity contribution in [2.45, 2.75) is 22.3 Å². The summed E-state index contributed by atoms with van der Waals surface area (Å²) in [5.74, 6) is -1.67. The number of benzene rings is 3. The topological polar surface area (TPSA) is 192 Å². The fourth-order valence-corrected chi connectivity index (χ4v) is 6.32. The van der Waals surface area contributed by atoms with E-state index in [1.54, 1.807) is 0 Å². The molecule has 0 amide bonds. The van der Waals surface area contributed by atoms with E-state index in [1.165, 1.54) is 54.6 Å². The van der Waals surface area contributed by atoms with Crippen LogP contribution in [0.3, 0.4) is 0 Å². The van der Waals surface area contributed by atoms with Gasteiger partial charge in [0.1, 0.15) is 0 Å². The number of halogens is 2. The molecule has 0 aliphatic carbocycles. The lowest BCUT2D eigenvalue weighted by molar-refractivity contribution is -0.137. The van der Waals surface area contributed by atoms with Crippen LogP contribution in [-0.2, 0) is 24.8 Å². The Kier molecular flexibility index (Phi) is 8.66. The molecule has 0 aliphatic rings. The number of guanidine groups is 1. The molecule has 1 unspecified atom stereocenters. The van der Waals surface area contributed by atoms with Crippen molar-refractivity contribution < 1.29 is 26.7 Å². The van der Waals surface area contributed by atoms with Gasteiger partial charge in [-0.3, -0.25) is 14.9 Å². The highest BCUT2D eigenvalue weighted by atomic mass is 35.5. The van der Waals surface area contributed by atoms with E-state index in [9.17, 15) is 26.7 Å². The summed E-state index contributed by atoms with van der Waals surface area (Å²) < 4.78 is 56.4. The molecule has 0 spiro atoms. The standard InChI is InChI=1S/C22H21Cl2N5O6S2/c23-14-8-15(24)10-19(9-14)37(34,35)29-20(12-21(30)31)13-3-1-5-17(7-13)28-36(32,33)18-6-2-4-16(11-18)27-22(25)26/h1-11,20,28-29H,12H2,(H,30,31)(H4,25,26,27). The number of carboxylic acids is 1. The summed E-state index contributed by atoms with van der Waals surface area (Å²) in [7, 11) is -8.37. The van der Waals surface area contributed by atoms with Crippen molar-refractivity contribution in [3.8, 4) is 0 Å². The van der Waals surface area contributed by atoms with E-state index in [2.05, 4.69) is 14.8 Å². The molecular weight excluding hydrogens is 565 g/mol. The fourth-order valence-electron chi connectivity index (χ4n) is 3.27. The van der Waals surface area contributed by atoms with Gasteiger partial charge < -0.3 is 16.2 Å². The third kappa shape index (κ3) is 7.81. The van der Waals surface area contributed by atoms with Gasteiger partial charge in [0.25, 0.3) is 10.0 Å². The van der Waals surface area contributed by atoms with Gasteiger partial charge in [-0.05, 0) is 54.1 Å². The van der Waals surface area contributed by atoms with Gasteiger partial charge >= 0.3 is 5.97 Å². The quantitative estimate of drug-likeness (QED) is 0.153. The molecule has 11 nitrogen and oxygen atoms in total. The van der Waals surface area contributed by atoms with Crippen molar-refractivity contribution in [1.29, 1.82) is 5.41 Å². The lowest BCUT2D eigenvalue weighted by Gasteiger charge is -2.19. The van der Waals surface area contributed by atoms with Crippen LogP contribution >= 0.6 is 23.2 Å². The molecule has 1 atom stereocenters. The summed E-state index contributed by atoms with van der Waals surface area (Å²) in [4.78, 5) is 11.1. The average molecular weight is 586 g/mol. The Balaban J connectivity index is 1.91. The second kappa shape index (κ2) is 11.4. The van der Waals surface area contributed by atoms with E-state index in [1.807, 2.05) is 0 Å². The summed E-state index contributed by atoms with van der Waals surface area (Å²) in [6.45, 7) is 0. The van der Waals surface area contributed by atoms with Crippen molar-refractivity contribution >= 4 is 66.6 Å². The van der Waals surface area contributed by atoms with Crippen LogP contribution < -0.4 is 20.5 Å². The van der Waals surface area contributed by atoms with Gasteiger partial charge in [-0.25, -0.2) is 21.6 Å². The van der Waals surface area contributed by atoms with E-state index in [0.717, 1.165) is 12.1 Å². The van der Waals surface area contributed by atoms with Gasteiger partial charge in [0.05, 0.1) is 22.3 Å². The third-order valence-electron chi connectivity index (χ3n) is 4.79. The number of aliphatic carboxylic acids is 1. The van der Waals surface area contributed by atoms with Crippen LogP contribution in [0.4, 0.5) is 11.4 Å². The Morgan fingerprint density at radius 2 is 1.51 bits per heavy atom.